The summed E-state index contributed by atoms with van der Waals surface area (Å²) in [6.45, 7) is 0. The van der Waals surface area contributed by atoms with Crippen LogP contribution in [-0.2, 0) is 12.6 Å². The topological polar surface area (TPSA) is 64.5 Å². The summed E-state index contributed by atoms with van der Waals surface area (Å²) in [5, 5.41) is 9.23. The average Bonchev–Trinajstić information content (AvgIpc) is 2.48. The monoisotopic (exact) mass is 314 g/mol. The van der Waals surface area contributed by atoms with Crippen molar-refractivity contribution in [3.63, 3.8) is 0 Å². The summed E-state index contributed by atoms with van der Waals surface area (Å²) in [5.74, 6) is -0.176. The molecule has 0 bridgehead atoms. The molecule has 0 aliphatic heterocycles. The van der Waals surface area contributed by atoms with Crippen molar-refractivity contribution in [1.82, 2.24) is 9.97 Å². The quantitative estimate of drug-likeness (QED) is 0.940. The maximum Gasteiger partial charge on any atom is 0.434 e. The second-order valence-electron chi connectivity index (χ2n) is 4.39. The molecule has 0 fully saturated rings. The highest BCUT2D eigenvalue weighted by molar-refractivity contribution is 5.39. The molecule has 118 valence electrons. The Bertz CT molecular complexity index is 658. The molecule has 0 saturated heterocycles. The fourth-order valence-corrected chi connectivity index (χ4v) is 1.92. The molecule has 0 radical (unpaired) electrons. The number of aromatic nitrogens is 2. The van der Waals surface area contributed by atoms with E-state index in [9.17, 15) is 18.3 Å². The molecule has 2 rings (SSSR count). The molecule has 0 amide bonds. The van der Waals surface area contributed by atoms with Crippen LogP contribution in [0.25, 0.3) is 0 Å². The first kappa shape index (κ1) is 15.9. The molecule has 0 spiro atoms. The number of phenols is 1. The molecule has 0 unspecified atom stereocenters. The molecular formula is C14H13F3N2O3. The van der Waals surface area contributed by atoms with Crippen molar-refractivity contribution in [3.05, 3.63) is 41.1 Å². The van der Waals surface area contributed by atoms with Crippen LogP contribution in [0.3, 0.4) is 0 Å². The number of benzene rings is 1. The van der Waals surface area contributed by atoms with E-state index >= 15 is 0 Å². The summed E-state index contributed by atoms with van der Waals surface area (Å²) in [4.78, 5) is 7.19. The minimum Gasteiger partial charge on any atom is -0.508 e. The van der Waals surface area contributed by atoms with Gasteiger partial charge in [-0.1, -0.05) is 12.1 Å². The Morgan fingerprint density at radius 3 is 2.18 bits per heavy atom. The predicted octanol–water partition coefficient (Wildman–Crippen LogP) is 2.81. The molecule has 5 nitrogen and oxygen atoms in total. The van der Waals surface area contributed by atoms with Crippen molar-refractivity contribution in [2.75, 3.05) is 14.2 Å². The van der Waals surface area contributed by atoms with E-state index in [1.807, 2.05) is 0 Å². The zero-order valence-electron chi connectivity index (χ0n) is 11.8. The highest BCUT2D eigenvalue weighted by Crippen LogP contribution is 2.36. The van der Waals surface area contributed by atoms with Gasteiger partial charge in [-0.2, -0.15) is 23.1 Å². The summed E-state index contributed by atoms with van der Waals surface area (Å²) < 4.78 is 49.2. The second-order valence-corrected chi connectivity index (χ2v) is 4.39. The summed E-state index contributed by atoms with van der Waals surface area (Å²) >= 11 is 0. The van der Waals surface area contributed by atoms with Crippen molar-refractivity contribution in [2.45, 2.75) is 12.6 Å². The minimum atomic E-state index is -4.67. The summed E-state index contributed by atoms with van der Waals surface area (Å²) in [7, 11) is 2.40. The van der Waals surface area contributed by atoms with Crippen LogP contribution in [-0.4, -0.2) is 29.3 Å². The fraction of sp³-hybridized carbons (Fsp3) is 0.286. The van der Waals surface area contributed by atoms with Crippen molar-refractivity contribution >= 4 is 0 Å². The van der Waals surface area contributed by atoms with Gasteiger partial charge in [0.25, 0.3) is 0 Å². The highest BCUT2D eigenvalue weighted by atomic mass is 19.4. The van der Waals surface area contributed by atoms with Crippen LogP contribution in [0.4, 0.5) is 13.2 Å². The van der Waals surface area contributed by atoms with Crippen LogP contribution in [0, 0.1) is 0 Å². The molecule has 1 aromatic carbocycles. The highest BCUT2D eigenvalue weighted by Gasteiger charge is 2.38. The smallest absolute Gasteiger partial charge is 0.434 e. The number of phenolic OH excluding ortho intramolecular Hbond substituents is 1. The van der Waals surface area contributed by atoms with E-state index in [1.54, 1.807) is 0 Å². The van der Waals surface area contributed by atoms with Gasteiger partial charge in [-0.3, -0.25) is 0 Å². The lowest BCUT2D eigenvalue weighted by Crippen LogP contribution is -2.15. The first-order valence-corrected chi connectivity index (χ1v) is 6.19. The fourth-order valence-electron chi connectivity index (χ4n) is 1.92. The van der Waals surface area contributed by atoms with Crippen LogP contribution in [0.5, 0.6) is 17.6 Å². The van der Waals surface area contributed by atoms with E-state index in [1.165, 1.54) is 38.5 Å². The number of aromatic hydroxyl groups is 1. The van der Waals surface area contributed by atoms with Gasteiger partial charge >= 0.3 is 12.2 Å². The van der Waals surface area contributed by atoms with Gasteiger partial charge in [0.15, 0.2) is 5.69 Å². The summed E-state index contributed by atoms with van der Waals surface area (Å²) in [6.07, 6.45) is -4.77. The Kier molecular flexibility index (Phi) is 4.39. The largest absolute Gasteiger partial charge is 0.508 e. The number of hydrogen-bond donors (Lipinski definition) is 1. The third-order valence-corrected chi connectivity index (χ3v) is 2.91. The molecule has 0 aliphatic carbocycles. The lowest BCUT2D eigenvalue weighted by atomic mass is 10.0. The van der Waals surface area contributed by atoms with E-state index in [4.69, 9.17) is 4.74 Å². The van der Waals surface area contributed by atoms with Gasteiger partial charge < -0.3 is 14.6 Å². The van der Waals surface area contributed by atoms with Crippen LogP contribution >= 0.6 is 0 Å². The van der Waals surface area contributed by atoms with Crippen LogP contribution in [0.2, 0.25) is 0 Å². The summed E-state index contributed by atoms with van der Waals surface area (Å²) in [5.41, 5.74) is -0.749. The van der Waals surface area contributed by atoms with Crippen LogP contribution in [0.15, 0.2) is 24.3 Å². The Hall–Kier alpha value is -2.51. The van der Waals surface area contributed by atoms with Gasteiger partial charge in [-0.15, -0.1) is 0 Å². The standard InChI is InChI=1S/C14H13F3N2O3/c1-21-12-10(7-8-3-5-9(20)6-4-8)11(14(15,16)17)18-13(19-12)22-2/h3-6,20H,7H2,1-2H3. The Morgan fingerprint density at radius 1 is 1.05 bits per heavy atom. The Labute approximate surface area is 124 Å². The first-order chi connectivity index (χ1) is 10.3. The normalized spacial score (nSPS) is 11.3. The minimum absolute atomic E-state index is 0.0257. The van der Waals surface area contributed by atoms with Gasteiger partial charge in [-0.05, 0) is 17.7 Å². The first-order valence-electron chi connectivity index (χ1n) is 6.19. The molecule has 2 aromatic rings. The lowest BCUT2D eigenvalue weighted by molar-refractivity contribution is -0.142. The third kappa shape index (κ3) is 3.38. The molecule has 1 N–H and O–H groups in total. The average molecular weight is 314 g/mol. The van der Waals surface area contributed by atoms with Gasteiger partial charge in [0.2, 0.25) is 5.88 Å². The van der Waals surface area contributed by atoms with Crippen molar-refractivity contribution in [3.8, 4) is 17.6 Å². The zero-order valence-corrected chi connectivity index (χ0v) is 11.8. The number of nitrogens with zero attached hydrogens (tertiary/aromatic N) is 2. The predicted molar refractivity (Wildman–Crippen MR) is 71.1 cm³/mol. The van der Waals surface area contributed by atoms with E-state index in [2.05, 4.69) is 14.7 Å². The van der Waals surface area contributed by atoms with Gasteiger partial charge in [0, 0.05) is 12.0 Å². The molecule has 0 aliphatic rings. The maximum atomic E-state index is 13.2. The lowest BCUT2D eigenvalue weighted by Gasteiger charge is -2.15. The van der Waals surface area contributed by atoms with Crippen LogP contribution < -0.4 is 9.47 Å². The zero-order chi connectivity index (χ0) is 16.3. The number of hydrogen-bond acceptors (Lipinski definition) is 5. The number of alkyl halides is 3. The van der Waals surface area contributed by atoms with Crippen LogP contribution in [0.1, 0.15) is 16.8 Å². The molecule has 8 heteroatoms. The van der Waals surface area contributed by atoms with Crippen molar-refractivity contribution < 1.29 is 27.8 Å². The molecule has 0 atom stereocenters. The molecule has 1 aromatic heterocycles. The Balaban J connectivity index is 2.54. The van der Waals surface area contributed by atoms with E-state index < -0.39 is 17.9 Å². The van der Waals surface area contributed by atoms with Gasteiger partial charge in [0.1, 0.15) is 5.75 Å². The van der Waals surface area contributed by atoms with Gasteiger partial charge in [-0.25, -0.2) is 0 Å². The maximum absolute atomic E-state index is 13.2. The molecule has 1 heterocycles. The number of methoxy groups -OCH3 is 2. The second kappa shape index (κ2) is 6.08. The SMILES string of the molecule is COc1nc(OC)c(Cc2ccc(O)cc2)c(C(F)(F)F)n1. The van der Waals surface area contributed by atoms with E-state index in [0.29, 0.717) is 5.56 Å². The molecular weight excluding hydrogens is 301 g/mol. The van der Waals surface area contributed by atoms with E-state index in [0.717, 1.165) is 0 Å². The van der Waals surface area contributed by atoms with Crippen molar-refractivity contribution in [2.24, 2.45) is 0 Å². The summed E-state index contributed by atoms with van der Waals surface area (Å²) in [6, 6.07) is 5.38. The van der Waals surface area contributed by atoms with Gasteiger partial charge in [0.05, 0.1) is 14.2 Å². The third-order valence-electron chi connectivity index (χ3n) is 2.91. The number of ether oxygens (including phenoxy) is 2. The number of halogens is 3. The Morgan fingerprint density at radius 2 is 1.68 bits per heavy atom. The molecule has 22 heavy (non-hydrogen) atoms. The van der Waals surface area contributed by atoms with Crippen molar-refractivity contribution in [1.29, 1.82) is 0 Å². The molecule has 0 saturated carbocycles. The van der Waals surface area contributed by atoms with E-state index in [-0.39, 0.29) is 23.6 Å². The number of rotatable bonds is 4.